The molecule has 0 aliphatic rings. The summed E-state index contributed by atoms with van der Waals surface area (Å²) in [5, 5.41) is 7.61. The van der Waals surface area contributed by atoms with E-state index in [4.69, 9.17) is 37.4 Å². The van der Waals surface area contributed by atoms with Crippen molar-refractivity contribution in [2.75, 3.05) is 13.2 Å². The number of amides is 2. The second kappa shape index (κ2) is 16.5. The predicted molar refractivity (Wildman–Crippen MR) is 162 cm³/mol. The number of carbonyl (C=O) groups excluding carboxylic acids is 2. The average Bonchev–Trinajstić information content (AvgIpc) is 2.96. The molecule has 3 rings (SSSR count). The topological polar surface area (TPSA) is 98.2 Å². The van der Waals surface area contributed by atoms with Gasteiger partial charge in [0.15, 0.2) is 17.6 Å². The van der Waals surface area contributed by atoms with Crippen molar-refractivity contribution in [3.05, 3.63) is 87.9 Å². The van der Waals surface area contributed by atoms with Gasteiger partial charge in [0, 0.05) is 11.4 Å². The number of rotatable bonds is 15. The number of nitrogens with one attached hydrogen (secondary N) is 2. The fourth-order valence-corrected chi connectivity index (χ4v) is 4.18. The van der Waals surface area contributed by atoms with Crippen molar-refractivity contribution in [1.82, 2.24) is 10.7 Å². The SMILES string of the molecule is CCCCOc1ccc(/C=N\NC(=O)[C@@H](Cc2ccccc2)NC(=O)[C@@H](C)Oc2ccc(Cl)cc2Cl)cc1OCC. The van der Waals surface area contributed by atoms with Crippen LogP contribution in [-0.2, 0) is 16.0 Å². The maximum absolute atomic E-state index is 13.2. The van der Waals surface area contributed by atoms with Gasteiger partial charge < -0.3 is 19.5 Å². The van der Waals surface area contributed by atoms with Crippen LogP contribution in [0.3, 0.4) is 0 Å². The predicted octanol–water partition coefficient (Wildman–Crippen LogP) is 6.22. The van der Waals surface area contributed by atoms with Crippen LogP contribution in [0.2, 0.25) is 10.0 Å². The van der Waals surface area contributed by atoms with Gasteiger partial charge in [0.1, 0.15) is 11.8 Å². The Morgan fingerprint density at radius 2 is 1.68 bits per heavy atom. The monoisotopic (exact) mass is 599 g/mol. The van der Waals surface area contributed by atoms with Crippen LogP contribution in [0.5, 0.6) is 17.2 Å². The van der Waals surface area contributed by atoms with Gasteiger partial charge >= 0.3 is 0 Å². The molecule has 0 aromatic heterocycles. The van der Waals surface area contributed by atoms with Crippen LogP contribution in [0.1, 0.15) is 44.7 Å². The van der Waals surface area contributed by atoms with Gasteiger partial charge in [0.05, 0.1) is 24.5 Å². The number of halogens is 2. The molecule has 0 unspecified atom stereocenters. The van der Waals surface area contributed by atoms with Crippen LogP contribution in [0.15, 0.2) is 71.8 Å². The van der Waals surface area contributed by atoms with E-state index in [9.17, 15) is 9.59 Å². The number of hydrogen-bond donors (Lipinski definition) is 2. The highest BCUT2D eigenvalue weighted by Gasteiger charge is 2.25. The summed E-state index contributed by atoms with van der Waals surface area (Å²) in [4.78, 5) is 26.2. The summed E-state index contributed by atoms with van der Waals surface area (Å²) >= 11 is 12.1. The minimum absolute atomic E-state index is 0.251. The summed E-state index contributed by atoms with van der Waals surface area (Å²) in [6.07, 6.45) is 2.80. The third-order valence-corrected chi connectivity index (χ3v) is 6.42. The van der Waals surface area contributed by atoms with Crippen LogP contribution in [-0.4, -0.2) is 43.4 Å². The first kappa shape index (κ1) is 31.8. The zero-order chi connectivity index (χ0) is 29.6. The number of hydrazone groups is 1. The number of unbranched alkanes of at least 4 members (excludes halogenated alkanes) is 1. The first-order chi connectivity index (χ1) is 19.8. The lowest BCUT2D eigenvalue weighted by Gasteiger charge is -2.21. The molecule has 0 saturated heterocycles. The number of ether oxygens (including phenoxy) is 3. The summed E-state index contributed by atoms with van der Waals surface area (Å²) in [5.74, 6) is 0.586. The lowest BCUT2D eigenvalue weighted by Crippen LogP contribution is -2.50. The molecule has 41 heavy (non-hydrogen) atoms. The van der Waals surface area contributed by atoms with E-state index in [0.29, 0.717) is 41.0 Å². The molecule has 0 heterocycles. The first-order valence-corrected chi connectivity index (χ1v) is 14.2. The molecule has 0 aliphatic heterocycles. The Kier molecular flexibility index (Phi) is 12.8. The molecule has 0 bridgehead atoms. The summed E-state index contributed by atoms with van der Waals surface area (Å²) < 4.78 is 17.2. The smallest absolute Gasteiger partial charge is 0.262 e. The number of nitrogens with zero attached hydrogens (tertiary/aromatic N) is 1. The average molecular weight is 601 g/mol. The first-order valence-electron chi connectivity index (χ1n) is 13.5. The third-order valence-electron chi connectivity index (χ3n) is 5.89. The molecule has 2 N–H and O–H groups in total. The highest BCUT2D eigenvalue weighted by molar-refractivity contribution is 6.35. The number of benzene rings is 3. The van der Waals surface area contributed by atoms with E-state index >= 15 is 0 Å². The molecular formula is C31H35Cl2N3O5. The molecule has 8 nitrogen and oxygen atoms in total. The molecule has 0 saturated carbocycles. The second-order valence-electron chi connectivity index (χ2n) is 9.16. The molecule has 2 amide bonds. The van der Waals surface area contributed by atoms with Crippen LogP contribution in [0.4, 0.5) is 0 Å². The van der Waals surface area contributed by atoms with E-state index in [0.717, 1.165) is 18.4 Å². The van der Waals surface area contributed by atoms with Gasteiger partial charge in [-0.2, -0.15) is 5.10 Å². The molecule has 0 aliphatic carbocycles. The van der Waals surface area contributed by atoms with Crippen molar-refractivity contribution < 1.29 is 23.8 Å². The van der Waals surface area contributed by atoms with E-state index in [1.54, 1.807) is 25.1 Å². The fraction of sp³-hybridized carbons (Fsp3) is 0.323. The molecule has 218 valence electrons. The fourth-order valence-electron chi connectivity index (χ4n) is 3.73. The van der Waals surface area contributed by atoms with E-state index in [1.165, 1.54) is 12.3 Å². The Hall–Kier alpha value is -3.75. The van der Waals surface area contributed by atoms with E-state index in [1.807, 2.05) is 49.4 Å². The van der Waals surface area contributed by atoms with E-state index in [-0.39, 0.29) is 11.4 Å². The Morgan fingerprint density at radius 1 is 0.927 bits per heavy atom. The van der Waals surface area contributed by atoms with Crippen LogP contribution < -0.4 is 25.0 Å². The van der Waals surface area contributed by atoms with Gasteiger partial charge in [-0.1, -0.05) is 66.9 Å². The van der Waals surface area contributed by atoms with Crippen molar-refractivity contribution in [3.8, 4) is 17.2 Å². The molecule has 0 spiro atoms. The summed E-state index contributed by atoms with van der Waals surface area (Å²) in [6.45, 7) is 6.65. The van der Waals surface area contributed by atoms with Crippen molar-refractivity contribution in [1.29, 1.82) is 0 Å². The highest BCUT2D eigenvalue weighted by atomic mass is 35.5. The molecule has 2 atom stereocenters. The van der Waals surface area contributed by atoms with Crippen molar-refractivity contribution >= 4 is 41.2 Å². The minimum atomic E-state index is -0.932. The van der Waals surface area contributed by atoms with E-state index in [2.05, 4.69) is 22.8 Å². The lowest BCUT2D eigenvalue weighted by atomic mass is 10.1. The van der Waals surface area contributed by atoms with E-state index < -0.39 is 24.0 Å². The van der Waals surface area contributed by atoms with Crippen molar-refractivity contribution in [2.24, 2.45) is 5.10 Å². The molecule has 3 aromatic rings. The molecule has 3 aromatic carbocycles. The molecule has 0 fully saturated rings. The van der Waals surface area contributed by atoms with Crippen molar-refractivity contribution in [3.63, 3.8) is 0 Å². The Morgan fingerprint density at radius 3 is 2.39 bits per heavy atom. The third kappa shape index (κ3) is 10.3. The standard InChI is InChI=1S/C31H35Cl2N3O5/c1-4-6-16-40-28-14-12-23(18-29(28)39-5-2)20-34-36-31(38)26(17-22-10-8-7-9-11-22)35-30(37)21(3)41-27-15-13-24(32)19-25(27)33/h7-15,18-21,26H,4-6,16-17H2,1-3H3,(H,35,37)(H,36,38)/b34-20-/t21-,26-/m1/s1. The summed E-state index contributed by atoms with van der Waals surface area (Å²) in [5.41, 5.74) is 4.11. The quantitative estimate of drug-likeness (QED) is 0.123. The zero-order valence-corrected chi connectivity index (χ0v) is 24.9. The Bertz CT molecular complexity index is 1320. The molecule has 0 radical (unpaired) electrons. The summed E-state index contributed by atoms with van der Waals surface area (Å²) in [6, 6.07) is 18.6. The van der Waals surface area contributed by atoms with Gasteiger partial charge in [-0.25, -0.2) is 5.43 Å². The minimum Gasteiger partial charge on any atom is -0.490 e. The van der Waals surface area contributed by atoms with Crippen LogP contribution in [0.25, 0.3) is 0 Å². The van der Waals surface area contributed by atoms with Crippen LogP contribution >= 0.6 is 23.2 Å². The largest absolute Gasteiger partial charge is 0.490 e. The Labute approximate surface area is 251 Å². The second-order valence-corrected chi connectivity index (χ2v) is 10.0. The van der Waals surface area contributed by atoms with Gasteiger partial charge in [-0.05, 0) is 67.8 Å². The number of carbonyl (C=O) groups is 2. The van der Waals surface area contributed by atoms with Gasteiger partial charge in [-0.3, -0.25) is 9.59 Å². The molecule has 10 heteroatoms. The highest BCUT2D eigenvalue weighted by Crippen LogP contribution is 2.29. The lowest BCUT2D eigenvalue weighted by molar-refractivity contribution is -0.132. The van der Waals surface area contributed by atoms with Crippen molar-refractivity contribution in [2.45, 2.75) is 52.2 Å². The van der Waals surface area contributed by atoms with Gasteiger partial charge in [0.2, 0.25) is 0 Å². The number of hydrogen-bond acceptors (Lipinski definition) is 6. The maximum atomic E-state index is 13.2. The summed E-state index contributed by atoms with van der Waals surface area (Å²) in [7, 11) is 0. The normalized spacial score (nSPS) is 12.4. The Balaban J connectivity index is 1.69. The van der Waals surface area contributed by atoms with Crippen LogP contribution in [0, 0.1) is 0 Å². The van der Waals surface area contributed by atoms with Gasteiger partial charge in [0.25, 0.3) is 11.8 Å². The van der Waals surface area contributed by atoms with Gasteiger partial charge in [-0.15, -0.1) is 0 Å². The molecular weight excluding hydrogens is 565 g/mol. The zero-order valence-electron chi connectivity index (χ0n) is 23.4. The maximum Gasteiger partial charge on any atom is 0.262 e.